The first-order valence-electron chi connectivity index (χ1n) is 8.40. The van der Waals surface area contributed by atoms with Gasteiger partial charge >= 0.3 is 6.03 Å². The second kappa shape index (κ2) is 8.09. The van der Waals surface area contributed by atoms with Crippen LogP contribution in [0.4, 0.5) is 10.5 Å². The molecule has 4 N–H and O–H groups in total. The molecule has 12 heteroatoms. The average molecular weight is 460 g/mol. The van der Waals surface area contributed by atoms with Crippen molar-refractivity contribution < 1.29 is 26.4 Å². The van der Waals surface area contributed by atoms with E-state index in [4.69, 9.17) is 22.1 Å². The van der Waals surface area contributed by atoms with E-state index in [1.165, 1.54) is 24.3 Å². The maximum atomic E-state index is 12.8. The van der Waals surface area contributed by atoms with Gasteiger partial charge in [-0.25, -0.2) is 13.2 Å². The van der Waals surface area contributed by atoms with Crippen molar-refractivity contribution in [2.75, 3.05) is 17.0 Å². The van der Waals surface area contributed by atoms with Crippen LogP contribution >= 0.6 is 11.6 Å². The molecule has 2 amide bonds. The number of benzene rings is 1. The van der Waals surface area contributed by atoms with Crippen molar-refractivity contribution in [1.29, 1.82) is 0 Å². The summed E-state index contributed by atoms with van der Waals surface area (Å²) in [4.78, 5) is 10.5. The van der Waals surface area contributed by atoms with E-state index in [2.05, 4.69) is 10.0 Å². The van der Waals surface area contributed by atoms with Crippen LogP contribution in [0.2, 0.25) is 5.02 Å². The summed E-state index contributed by atoms with van der Waals surface area (Å²) in [7, 11) is -8.16. The lowest BCUT2D eigenvalue weighted by Gasteiger charge is -2.16. The van der Waals surface area contributed by atoms with Crippen molar-refractivity contribution in [2.45, 2.75) is 11.0 Å². The van der Waals surface area contributed by atoms with Crippen LogP contribution < -0.4 is 15.8 Å². The molecule has 0 radical (unpaired) electrons. The van der Waals surface area contributed by atoms with E-state index >= 15 is 0 Å². The van der Waals surface area contributed by atoms with E-state index in [0.29, 0.717) is 0 Å². The summed E-state index contributed by atoms with van der Waals surface area (Å²) >= 11 is 5.93. The molecule has 1 aromatic rings. The molecule has 0 aromatic heterocycles. The molecule has 0 bridgehead atoms. The maximum Gasteiger partial charge on any atom is 0.312 e. The van der Waals surface area contributed by atoms with E-state index in [-0.39, 0.29) is 33.2 Å². The van der Waals surface area contributed by atoms with Gasteiger partial charge < -0.3 is 15.8 Å². The lowest BCUT2D eigenvalue weighted by atomic mass is 10.00. The molecule has 1 aromatic carbocycles. The lowest BCUT2D eigenvalue weighted by molar-refractivity contribution is 0.181. The number of anilines is 1. The topological polar surface area (TPSA) is 145 Å². The second-order valence-corrected chi connectivity index (χ2v) is 10.4. The number of sulfonamides is 1. The Kier molecular flexibility index (Phi) is 5.92. The first-order valence-corrected chi connectivity index (χ1v) is 11.9. The highest BCUT2D eigenvalue weighted by Crippen LogP contribution is 2.33. The number of nitrogens with one attached hydrogen (secondary N) is 2. The number of hydrogen-bond donors (Lipinski definition) is 3. The minimum Gasteiger partial charge on any atom is -0.473 e. The zero-order valence-electron chi connectivity index (χ0n) is 14.9. The zero-order valence-corrected chi connectivity index (χ0v) is 17.3. The van der Waals surface area contributed by atoms with Gasteiger partial charge in [0, 0.05) is 17.5 Å². The van der Waals surface area contributed by atoms with Gasteiger partial charge in [-0.15, -0.1) is 0 Å². The number of halogens is 1. The molecule has 0 saturated carbocycles. The molecule has 29 heavy (non-hydrogen) atoms. The Morgan fingerprint density at radius 3 is 2.59 bits per heavy atom. The van der Waals surface area contributed by atoms with Crippen LogP contribution in [0, 0.1) is 5.92 Å². The lowest BCUT2D eigenvalue weighted by Crippen LogP contribution is -2.33. The van der Waals surface area contributed by atoms with Gasteiger partial charge in [0.15, 0.2) is 9.84 Å². The Morgan fingerprint density at radius 2 is 1.90 bits per heavy atom. The van der Waals surface area contributed by atoms with Crippen molar-refractivity contribution in [3.8, 4) is 0 Å². The predicted molar refractivity (Wildman–Crippen MR) is 108 cm³/mol. The fraction of sp³-hybridized carbons (Fsp3) is 0.235. The summed E-state index contributed by atoms with van der Waals surface area (Å²) in [5.74, 6) is -0.709. The Balaban J connectivity index is 1.87. The maximum absolute atomic E-state index is 12.8. The number of carbonyl (C=O) groups excluding carboxylic acids is 1. The number of nitrogens with two attached hydrogens (primary N) is 1. The molecule has 1 aliphatic heterocycles. The molecule has 2 atom stereocenters. The summed E-state index contributed by atoms with van der Waals surface area (Å²) in [5, 5.41) is 2.01. The molecule has 156 valence electrons. The number of carbonyl (C=O) groups is 1. The van der Waals surface area contributed by atoms with Crippen molar-refractivity contribution in [2.24, 2.45) is 11.7 Å². The van der Waals surface area contributed by atoms with Crippen LogP contribution in [0.1, 0.15) is 0 Å². The van der Waals surface area contributed by atoms with Gasteiger partial charge in [-0.3, -0.25) is 4.72 Å². The summed E-state index contributed by atoms with van der Waals surface area (Å²) in [6.07, 6.45) is 8.07. The number of ether oxygens (including phenoxy) is 1. The first kappa shape index (κ1) is 21.2. The molecule has 3 rings (SSSR count). The van der Waals surface area contributed by atoms with Crippen LogP contribution in [0.5, 0.6) is 0 Å². The molecule has 9 nitrogen and oxygen atoms in total. The molecule has 0 saturated heterocycles. The molecular weight excluding hydrogens is 442 g/mol. The summed E-state index contributed by atoms with van der Waals surface area (Å²) < 4.78 is 58.5. The number of primary amides is 1. The second-order valence-electron chi connectivity index (χ2n) is 6.27. The fourth-order valence-electron chi connectivity index (χ4n) is 2.82. The summed E-state index contributed by atoms with van der Waals surface area (Å²) in [6, 6.07) is 2.83. The minimum atomic E-state index is -4.20. The quantitative estimate of drug-likeness (QED) is 0.563. The smallest absolute Gasteiger partial charge is 0.312 e. The number of urea groups is 1. The third kappa shape index (κ3) is 4.92. The van der Waals surface area contributed by atoms with Crippen molar-refractivity contribution in [1.82, 2.24) is 5.32 Å². The van der Waals surface area contributed by atoms with Gasteiger partial charge in [0.1, 0.15) is 6.10 Å². The van der Waals surface area contributed by atoms with Gasteiger partial charge in [0.05, 0.1) is 16.3 Å². The van der Waals surface area contributed by atoms with Gasteiger partial charge in [0.25, 0.3) is 10.0 Å². The highest BCUT2D eigenvalue weighted by Gasteiger charge is 2.34. The van der Waals surface area contributed by atoms with Gasteiger partial charge in [0.2, 0.25) is 5.09 Å². The normalized spacial score (nSPS) is 20.5. The highest BCUT2D eigenvalue weighted by molar-refractivity contribution is 7.96. The van der Waals surface area contributed by atoms with E-state index in [1.807, 2.05) is 0 Å². The molecule has 2 aliphatic rings. The molecule has 2 unspecified atom stereocenters. The number of allylic oxidation sites excluding steroid dienone is 2. The Hall–Kier alpha value is -2.50. The van der Waals surface area contributed by atoms with Crippen LogP contribution in [-0.4, -0.2) is 41.3 Å². The van der Waals surface area contributed by atoms with Crippen molar-refractivity contribution >= 4 is 43.2 Å². The number of hydrogen-bond acceptors (Lipinski definition) is 6. The van der Waals surface area contributed by atoms with E-state index < -0.39 is 37.7 Å². The van der Waals surface area contributed by atoms with Gasteiger partial charge in [-0.05, 0) is 30.4 Å². The van der Waals surface area contributed by atoms with E-state index in [0.717, 1.165) is 0 Å². The fourth-order valence-corrected chi connectivity index (χ4v) is 5.50. The molecule has 0 spiro atoms. The van der Waals surface area contributed by atoms with E-state index in [9.17, 15) is 21.6 Å². The number of fused-ring (bicyclic) bond motifs is 1. The Morgan fingerprint density at radius 1 is 1.17 bits per heavy atom. The van der Waals surface area contributed by atoms with Crippen LogP contribution in [-0.2, 0) is 24.6 Å². The van der Waals surface area contributed by atoms with Gasteiger partial charge in [-0.2, -0.15) is 8.42 Å². The van der Waals surface area contributed by atoms with E-state index in [1.54, 1.807) is 24.3 Å². The summed E-state index contributed by atoms with van der Waals surface area (Å²) in [6.45, 7) is -0.233. The highest BCUT2D eigenvalue weighted by atomic mass is 35.5. The van der Waals surface area contributed by atoms with Crippen LogP contribution in [0.25, 0.3) is 0 Å². The minimum absolute atomic E-state index is 0.137. The predicted octanol–water partition coefficient (Wildman–Crippen LogP) is 1.51. The van der Waals surface area contributed by atoms with Crippen LogP contribution in [0.15, 0.2) is 58.6 Å². The monoisotopic (exact) mass is 459 g/mol. The number of sulfone groups is 1. The van der Waals surface area contributed by atoms with Crippen LogP contribution in [0.3, 0.4) is 0 Å². The Bertz CT molecular complexity index is 1130. The molecular formula is C17H18ClN3O6S2. The third-order valence-corrected chi connectivity index (χ3v) is 7.41. The first-order chi connectivity index (χ1) is 13.6. The van der Waals surface area contributed by atoms with Gasteiger partial charge in [-0.1, -0.05) is 29.8 Å². The largest absolute Gasteiger partial charge is 0.473 e. The Labute approximate surface area is 173 Å². The van der Waals surface area contributed by atoms with Crippen molar-refractivity contribution in [3.05, 3.63) is 58.7 Å². The molecule has 0 fully saturated rings. The third-order valence-electron chi connectivity index (χ3n) is 4.16. The summed E-state index contributed by atoms with van der Waals surface area (Å²) in [5.41, 5.74) is 4.71. The average Bonchev–Trinajstić information content (AvgIpc) is 3.06. The zero-order chi connectivity index (χ0) is 21.2. The SMILES string of the molecule is NC(=O)NCCS(=O)(=O)c1ccc(Cl)cc1NS(=O)(=O)C1=CC2C=CC=CC2O1. The standard InChI is InChI=1S/C17H18ClN3O6S2/c18-12-5-6-15(28(23,24)8-7-20-17(19)22)13(10-12)21-29(25,26)16-9-11-3-1-2-4-14(11)27-16/h1-6,9-11,14,21H,7-8H2,(H3,19,20,22). The number of amides is 2. The number of rotatable bonds is 7. The van der Waals surface area contributed by atoms with Crippen molar-refractivity contribution in [3.63, 3.8) is 0 Å². The molecule has 1 heterocycles. The molecule has 1 aliphatic carbocycles.